The number of benzene rings is 1. The highest BCUT2D eigenvalue weighted by Crippen LogP contribution is 2.17. The van der Waals surface area contributed by atoms with Gasteiger partial charge >= 0.3 is 5.97 Å². The van der Waals surface area contributed by atoms with E-state index in [1.165, 1.54) is 6.21 Å². The first-order valence-corrected chi connectivity index (χ1v) is 9.65. The van der Waals surface area contributed by atoms with Crippen molar-refractivity contribution in [3.05, 3.63) is 46.8 Å². The van der Waals surface area contributed by atoms with Gasteiger partial charge in [-0.1, -0.05) is 17.3 Å². The molecule has 9 nitrogen and oxygen atoms in total. The number of carbonyl (C=O) groups is 2. The first kappa shape index (κ1) is 22.8. The van der Waals surface area contributed by atoms with Crippen molar-refractivity contribution in [2.24, 2.45) is 10.2 Å². The fourth-order valence-corrected chi connectivity index (χ4v) is 2.81. The smallest absolute Gasteiger partial charge is 0.303 e. The summed E-state index contributed by atoms with van der Waals surface area (Å²) in [4.78, 5) is 21.8. The molecular weight excluding hydrogens is 386 g/mol. The van der Waals surface area contributed by atoms with E-state index in [1.807, 2.05) is 38.1 Å². The number of carboxylic acid groups (broad SMARTS) is 1. The minimum Gasteiger partial charge on any atom is -0.481 e. The van der Waals surface area contributed by atoms with E-state index < -0.39 is 5.97 Å². The third-order valence-corrected chi connectivity index (χ3v) is 4.47. The lowest BCUT2D eigenvalue weighted by Crippen LogP contribution is -2.16. The Morgan fingerprint density at radius 1 is 1.33 bits per heavy atom. The van der Waals surface area contributed by atoms with Gasteiger partial charge in [0.15, 0.2) is 6.29 Å². The number of hydrogen-bond acceptors (Lipinski definition) is 8. The van der Waals surface area contributed by atoms with Crippen molar-refractivity contribution in [3.8, 4) is 0 Å². The van der Waals surface area contributed by atoms with E-state index >= 15 is 0 Å². The summed E-state index contributed by atoms with van der Waals surface area (Å²) in [5.41, 5.74) is 6.91. The van der Waals surface area contributed by atoms with E-state index in [0.29, 0.717) is 19.3 Å². The highest BCUT2D eigenvalue weighted by molar-refractivity contribution is 6.54. The highest BCUT2D eigenvalue weighted by atomic mass is 16.5. The van der Waals surface area contributed by atoms with Crippen LogP contribution in [-0.4, -0.2) is 53.0 Å². The molecular formula is C21H27N5O4. The molecule has 1 heterocycles. The third kappa shape index (κ3) is 7.50. The topological polar surface area (TPSA) is 120 Å². The molecule has 0 amide bonds. The van der Waals surface area contributed by atoms with E-state index in [1.54, 1.807) is 12.1 Å². The van der Waals surface area contributed by atoms with Gasteiger partial charge in [-0.3, -0.25) is 15.0 Å². The highest BCUT2D eigenvalue weighted by Gasteiger charge is 2.09. The van der Waals surface area contributed by atoms with Gasteiger partial charge < -0.3 is 14.6 Å². The summed E-state index contributed by atoms with van der Waals surface area (Å²) in [5, 5.41) is 22.4. The molecule has 0 aliphatic carbocycles. The van der Waals surface area contributed by atoms with Crippen LogP contribution in [0.4, 0.5) is 5.69 Å². The van der Waals surface area contributed by atoms with Crippen LogP contribution in [0.3, 0.4) is 0 Å². The number of aromatic nitrogens is 1. The number of nitrogens with one attached hydrogen (secondary N) is 1. The minimum atomic E-state index is -0.847. The van der Waals surface area contributed by atoms with Crippen LogP contribution < -0.4 is 5.43 Å². The van der Waals surface area contributed by atoms with E-state index in [-0.39, 0.29) is 12.1 Å². The molecule has 2 aromatic rings. The van der Waals surface area contributed by atoms with E-state index in [9.17, 15) is 9.59 Å². The van der Waals surface area contributed by atoms with Crippen molar-refractivity contribution in [2.75, 3.05) is 19.0 Å². The standard InChI is InChI=1S/C21H27N5O4/c1-15-20(16(2)30-25-15)10-9-17-6-4-7-18(12-17)23-24-19(14-27)13-22-26(3)11-5-8-21(28)29/h4,6-7,12-14,23H,5,8-11H2,1-3H3,(H,28,29)/b22-13-,24-19-. The summed E-state index contributed by atoms with van der Waals surface area (Å²) in [7, 11) is 1.70. The monoisotopic (exact) mass is 413 g/mol. The van der Waals surface area contributed by atoms with Crippen LogP contribution in [0, 0.1) is 13.8 Å². The second-order valence-electron chi connectivity index (χ2n) is 6.89. The van der Waals surface area contributed by atoms with Crippen molar-refractivity contribution >= 4 is 29.9 Å². The summed E-state index contributed by atoms with van der Waals surface area (Å²) >= 11 is 0. The second kappa shape index (κ2) is 11.5. The van der Waals surface area contributed by atoms with Crippen LogP contribution in [0.5, 0.6) is 0 Å². The van der Waals surface area contributed by atoms with Gasteiger partial charge in [0.2, 0.25) is 0 Å². The molecule has 0 radical (unpaired) electrons. The average Bonchev–Trinajstić information content (AvgIpc) is 3.04. The molecule has 0 saturated carbocycles. The van der Waals surface area contributed by atoms with Gasteiger partial charge in [0.25, 0.3) is 0 Å². The molecule has 9 heteroatoms. The largest absolute Gasteiger partial charge is 0.481 e. The van der Waals surface area contributed by atoms with Gasteiger partial charge in [0.05, 0.1) is 17.6 Å². The maximum Gasteiger partial charge on any atom is 0.303 e. The van der Waals surface area contributed by atoms with Gasteiger partial charge in [0.1, 0.15) is 11.5 Å². The number of rotatable bonds is 12. The number of aldehydes is 1. The van der Waals surface area contributed by atoms with Crippen LogP contribution in [0.25, 0.3) is 0 Å². The second-order valence-corrected chi connectivity index (χ2v) is 6.89. The maximum absolute atomic E-state index is 11.2. The van der Waals surface area contributed by atoms with Crippen LogP contribution >= 0.6 is 0 Å². The van der Waals surface area contributed by atoms with Crippen molar-refractivity contribution in [1.82, 2.24) is 10.2 Å². The van der Waals surface area contributed by atoms with Crippen LogP contribution in [-0.2, 0) is 22.4 Å². The Morgan fingerprint density at radius 3 is 2.80 bits per heavy atom. The molecule has 0 unspecified atom stereocenters. The average molecular weight is 413 g/mol. The third-order valence-electron chi connectivity index (χ3n) is 4.47. The summed E-state index contributed by atoms with van der Waals surface area (Å²) in [6.45, 7) is 4.31. The van der Waals surface area contributed by atoms with E-state index in [2.05, 4.69) is 20.8 Å². The molecule has 0 fully saturated rings. The minimum absolute atomic E-state index is 0.0721. The molecule has 1 aromatic carbocycles. The number of nitrogens with zero attached hydrogens (tertiary/aromatic N) is 4. The van der Waals surface area contributed by atoms with E-state index in [4.69, 9.17) is 9.63 Å². The van der Waals surface area contributed by atoms with E-state index in [0.717, 1.165) is 41.1 Å². The van der Waals surface area contributed by atoms with Crippen molar-refractivity contribution in [2.45, 2.75) is 39.5 Å². The molecule has 0 saturated heterocycles. The first-order chi connectivity index (χ1) is 14.4. The van der Waals surface area contributed by atoms with Crippen LogP contribution in [0.15, 0.2) is 39.0 Å². The van der Waals surface area contributed by atoms with Crippen molar-refractivity contribution in [3.63, 3.8) is 0 Å². The SMILES string of the molecule is Cc1noc(C)c1CCc1cccc(N/N=C(C=O)/C=N\N(C)CCCC(=O)O)c1. The zero-order valence-electron chi connectivity index (χ0n) is 17.5. The van der Waals surface area contributed by atoms with Gasteiger partial charge in [0, 0.05) is 25.6 Å². The zero-order chi connectivity index (χ0) is 21.9. The number of aryl methyl sites for hydroxylation is 3. The number of hydrazone groups is 2. The van der Waals surface area contributed by atoms with Gasteiger partial charge in [-0.25, -0.2) is 0 Å². The normalized spacial score (nSPS) is 11.6. The van der Waals surface area contributed by atoms with Crippen LogP contribution in [0.1, 0.15) is 35.4 Å². The zero-order valence-corrected chi connectivity index (χ0v) is 17.5. The molecule has 1 aromatic heterocycles. The molecule has 160 valence electrons. The molecule has 30 heavy (non-hydrogen) atoms. The Kier molecular flexibility index (Phi) is 8.74. The summed E-state index contributed by atoms with van der Waals surface area (Å²) < 4.78 is 5.20. The summed E-state index contributed by atoms with van der Waals surface area (Å²) in [6.07, 6.45) is 4.13. The summed E-state index contributed by atoms with van der Waals surface area (Å²) in [5.74, 6) is -0.00475. The van der Waals surface area contributed by atoms with Gasteiger partial charge in [-0.05, 0) is 50.8 Å². The van der Waals surface area contributed by atoms with Crippen LogP contribution in [0.2, 0.25) is 0 Å². The maximum atomic E-state index is 11.2. The first-order valence-electron chi connectivity index (χ1n) is 9.65. The van der Waals surface area contributed by atoms with Crippen molar-refractivity contribution < 1.29 is 19.2 Å². The number of carboxylic acids is 1. The molecule has 0 atom stereocenters. The Bertz CT molecular complexity index is 900. The number of hydrogen-bond donors (Lipinski definition) is 2. The Hall–Kier alpha value is -3.49. The number of anilines is 1. The van der Waals surface area contributed by atoms with Gasteiger partial charge in [-0.2, -0.15) is 10.2 Å². The predicted molar refractivity (Wildman–Crippen MR) is 115 cm³/mol. The quantitative estimate of drug-likeness (QED) is 0.312. The molecule has 0 spiro atoms. The lowest BCUT2D eigenvalue weighted by Gasteiger charge is -2.11. The summed E-state index contributed by atoms with van der Waals surface area (Å²) in [6, 6.07) is 7.78. The fraction of sp³-hybridized carbons (Fsp3) is 0.381. The fourth-order valence-electron chi connectivity index (χ4n) is 2.81. The number of aliphatic carboxylic acids is 1. The Morgan fingerprint density at radius 2 is 2.13 bits per heavy atom. The van der Waals surface area contributed by atoms with Crippen molar-refractivity contribution in [1.29, 1.82) is 0 Å². The number of carbonyl (C=O) groups excluding carboxylic acids is 1. The van der Waals surface area contributed by atoms with Gasteiger partial charge in [-0.15, -0.1) is 0 Å². The molecule has 2 N–H and O–H groups in total. The molecule has 2 rings (SSSR count). The Balaban J connectivity index is 1.92. The molecule has 0 aliphatic heterocycles. The molecule has 0 aliphatic rings. The predicted octanol–water partition coefficient (Wildman–Crippen LogP) is 2.83. The lowest BCUT2D eigenvalue weighted by molar-refractivity contribution is -0.137. The molecule has 0 bridgehead atoms. The lowest BCUT2D eigenvalue weighted by atomic mass is 10.0. The Labute approximate surface area is 175 Å².